The lowest BCUT2D eigenvalue weighted by atomic mass is 9.96. The van der Waals surface area contributed by atoms with Crippen molar-refractivity contribution in [1.29, 1.82) is 0 Å². The molecule has 124 valence electrons. The summed E-state index contributed by atoms with van der Waals surface area (Å²) in [7, 11) is 1.68. The lowest BCUT2D eigenvalue weighted by Crippen LogP contribution is -1.92. The zero-order valence-corrected chi connectivity index (χ0v) is 14.3. The van der Waals surface area contributed by atoms with E-state index in [0.29, 0.717) is 0 Å². The van der Waals surface area contributed by atoms with E-state index in [1.165, 1.54) is 0 Å². The number of fused-ring (bicyclic) bond motifs is 3. The van der Waals surface area contributed by atoms with Crippen LogP contribution in [0, 0.1) is 0 Å². The minimum atomic E-state index is 0.771. The third-order valence-corrected chi connectivity index (χ3v) is 4.75. The maximum Gasteiger partial charge on any atom is 0.161 e. The molecule has 2 aromatic heterocycles. The van der Waals surface area contributed by atoms with E-state index in [-0.39, 0.29) is 0 Å². The van der Waals surface area contributed by atoms with E-state index >= 15 is 0 Å². The molecular formula is C23H16N2O. The predicted molar refractivity (Wildman–Crippen MR) is 107 cm³/mol. The number of methoxy groups -OCH3 is 1. The number of nitrogens with zero attached hydrogens (tertiary/aromatic N) is 2. The van der Waals surface area contributed by atoms with Gasteiger partial charge in [-0.3, -0.25) is 0 Å². The van der Waals surface area contributed by atoms with E-state index in [9.17, 15) is 0 Å². The molecule has 0 unspecified atom stereocenters. The first-order valence-corrected chi connectivity index (χ1v) is 8.56. The van der Waals surface area contributed by atoms with Crippen molar-refractivity contribution in [2.45, 2.75) is 0 Å². The summed E-state index contributed by atoms with van der Waals surface area (Å²) in [6.45, 7) is 0. The van der Waals surface area contributed by atoms with Crippen molar-refractivity contribution in [1.82, 2.24) is 9.97 Å². The van der Waals surface area contributed by atoms with Gasteiger partial charge in [-0.2, -0.15) is 0 Å². The Morgan fingerprint density at radius 3 is 2.19 bits per heavy atom. The first-order chi connectivity index (χ1) is 12.8. The highest BCUT2D eigenvalue weighted by Gasteiger charge is 2.13. The number of rotatable bonds is 2. The van der Waals surface area contributed by atoms with E-state index in [1.54, 1.807) is 7.11 Å². The molecule has 3 aromatic carbocycles. The molecule has 3 heteroatoms. The van der Waals surface area contributed by atoms with Crippen molar-refractivity contribution >= 4 is 32.8 Å². The standard InChI is InChI=1S/C23H16N2O/c1-26-17-12-10-15(11-13-17)22-18-7-3-5-9-21(18)25-23-19(22)14-16-6-2-4-8-20(16)24-23/h2-14H,1H3. The molecule has 2 heterocycles. The summed E-state index contributed by atoms with van der Waals surface area (Å²) in [5.74, 6) is 0.847. The fraction of sp³-hybridized carbons (Fsp3) is 0.0435. The molecule has 0 saturated heterocycles. The maximum absolute atomic E-state index is 5.31. The second-order valence-electron chi connectivity index (χ2n) is 6.28. The number of ether oxygens (including phenoxy) is 1. The molecule has 5 rings (SSSR count). The number of aromatic nitrogens is 2. The molecule has 3 nitrogen and oxygen atoms in total. The van der Waals surface area contributed by atoms with Gasteiger partial charge < -0.3 is 4.74 Å². The number of hydrogen-bond donors (Lipinski definition) is 0. The topological polar surface area (TPSA) is 35.0 Å². The van der Waals surface area contributed by atoms with Crippen molar-refractivity contribution < 1.29 is 4.74 Å². The molecule has 0 radical (unpaired) electrons. The maximum atomic E-state index is 5.31. The van der Waals surface area contributed by atoms with Gasteiger partial charge in [0.05, 0.1) is 18.1 Å². The normalized spacial score (nSPS) is 11.3. The first-order valence-electron chi connectivity index (χ1n) is 8.56. The van der Waals surface area contributed by atoms with Crippen molar-refractivity contribution in [3.8, 4) is 16.9 Å². The van der Waals surface area contributed by atoms with Crippen LogP contribution in [0.15, 0.2) is 78.9 Å². The van der Waals surface area contributed by atoms with Gasteiger partial charge >= 0.3 is 0 Å². The Bertz CT molecular complexity index is 1250. The summed E-state index contributed by atoms with van der Waals surface area (Å²) in [6, 6.07) is 26.8. The molecule has 0 atom stereocenters. The van der Waals surface area contributed by atoms with Crippen LogP contribution < -0.4 is 4.74 Å². The highest BCUT2D eigenvalue weighted by molar-refractivity contribution is 6.10. The number of para-hydroxylation sites is 2. The van der Waals surface area contributed by atoms with Gasteiger partial charge in [0.15, 0.2) is 5.65 Å². The van der Waals surface area contributed by atoms with Gasteiger partial charge in [-0.25, -0.2) is 9.97 Å². The average molecular weight is 336 g/mol. The van der Waals surface area contributed by atoms with Crippen LogP contribution in [-0.2, 0) is 0 Å². The molecule has 0 spiro atoms. The van der Waals surface area contributed by atoms with E-state index in [2.05, 4.69) is 36.4 Å². The van der Waals surface area contributed by atoms with Crippen LogP contribution in [0.1, 0.15) is 0 Å². The van der Waals surface area contributed by atoms with Crippen LogP contribution in [0.2, 0.25) is 0 Å². The van der Waals surface area contributed by atoms with E-state index < -0.39 is 0 Å². The predicted octanol–water partition coefficient (Wildman–Crippen LogP) is 5.61. The summed E-state index contributed by atoms with van der Waals surface area (Å²) >= 11 is 0. The Balaban J connectivity index is 1.93. The molecule has 5 aromatic rings. The Kier molecular flexibility index (Phi) is 3.32. The van der Waals surface area contributed by atoms with Crippen LogP contribution >= 0.6 is 0 Å². The summed E-state index contributed by atoms with van der Waals surface area (Å²) in [5, 5.41) is 3.31. The third kappa shape index (κ3) is 2.29. The summed E-state index contributed by atoms with van der Waals surface area (Å²) in [5.41, 5.74) is 4.98. The molecular weight excluding hydrogens is 320 g/mol. The molecule has 0 bridgehead atoms. The summed E-state index contributed by atoms with van der Waals surface area (Å²) in [4.78, 5) is 9.62. The molecule has 26 heavy (non-hydrogen) atoms. The quantitative estimate of drug-likeness (QED) is 0.393. The fourth-order valence-electron chi connectivity index (χ4n) is 3.49. The van der Waals surface area contributed by atoms with Gasteiger partial charge in [0, 0.05) is 21.7 Å². The molecule has 0 N–H and O–H groups in total. The largest absolute Gasteiger partial charge is 0.497 e. The lowest BCUT2D eigenvalue weighted by molar-refractivity contribution is 0.415. The summed E-state index contributed by atoms with van der Waals surface area (Å²) in [6.07, 6.45) is 0. The van der Waals surface area contributed by atoms with Gasteiger partial charge in [0.2, 0.25) is 0 Å². The van der Waals surface area contributed by atoms with Crippen LogP contribution in [0.25, 0.3) is 44.0 Å². The third-order valence-electron chi connectivity index (χ3n) is 4.75. The minimum absolute atomic E-state index is 0.771. The van der Waals surface area contributed by atoms with Crippen molar-refractivity contribution in [2.24, 2.45) is 0 Å². The molecule has 0 saturated carbocycles. The average Bonchev–Trinajstić information content (AvgIpc) is 2.70. The lowest BCUT2D eigenvalue weighted by Gasteiger charge is -2.12. The van der Waals surface area contributed by atoms with Crippen LogP contribution in [0.4, 0.5) is 0 Å². The molecule has 0 aliphatic rings. The number of pyridine rings is 2. The highest BCUT2D eigenvalue weighted by Crippen LogP contribution is 2.36. The van der Waals surface area contributed by atoms with Crippen molar-refractivity contribution in [3.63, 3.8) is 0 Å². The fourth-order valence-corrected chi connectivity index (χ4v) is 3.49. The number of hydrogen-bond acceptors (Lipinski definition) is 3. The Morgan fingerprint density at radius 1 is 0.692 bits per heavy atom. The summed E-state index contributed by atoms with van der Waals surface area (Å²) < 4.78 is 5.31. The van der Waals surface area contributed by atoms with Crippen LogP contribution in [0.3, 0.4) is 0 Å². The van der Waals surface area contributed by atoms with E-state index in [0.717, 1.165) is 49.7 Å². The first kappa shape index (κ1) is 14.8. The zero-order valence-electron chi connectivity index (χ0n) is 14.3. The molecule has 0 amide bonds. The molecule has 0 aliphatic carbocycles. The second-order valence-corrected chi connectivity index (χ2v) is 6.28. The monoisotopic (exact) mass is 336 g/mol. The SMILES string of the molecule is COc1ccc(-c2c3ccccc3nc3nc4ccccc4cc23)cc1. The van der Waals surface area contributed by atoms with E-state index in [4.69, 9.17) is 14.7 Å². The second kappa shape index (κ2) is 5.81. The highest BCUT2D eigenvalue weighted by atomic mass is 16.5. The smallest absolute Gasteiger partial charge is 0.161 e. The van der Waals surface area contributed by atoms with Gasteiger partial charge in [0.1, 0.15) is 5.75 Å². The zero-order chi connectivity index (χ0) is 17.5. The van der Waals surface area contributed by atoms with Crippen molar-refractivity contribution in [3.05, 3.63) is 78.9 Å². The number of benzene rings is 3. The van der Waals surface area contributed by atoms with Crippen LogP contribution in [0.5, 0.6) is 5.75 Å². The van der Waals surface area contributed by atoms with Crippen LogP contribution in [-0.4, -0.2) is 17.1 Å². The van der Waals surface area contributed by atoms with Gasteiger partial charge in [0.25, 0.3) is 0 Å². The molecule has 0 fully saturated rings. The van der Waals surface area contributed by atoms with Gasteiger partial charge in [-0.1, -0.05) is 48.5 Å². The van der Waals surface area contributed by atoms with E-state index in [1.807, 2.05) is 42.5 Å². The molecule has 0 aliphatic heterocycles. The van der Waals surface area contributed by atoms with Crippen molar-refractivity contribution in [2.75, 3.05) is 7.11 Å². The van der Waals surface area contributed by atoms with Gasteiger partial charge in [-0.15, -0.1) is 0 Å². The Hall–Kier alpha value is -3.46. The van der Waals surface area contributed by atoms with Gasteiger partial charge in [-0.05, 0) is 35.9 Å². The Morgan fingerprint density at radius 2 is 1.38 bits per heavy atom. The minimum Gasteiger partial charge on any atom is -0.497 e. The Labute approximate surface area is 150 Å².